The Labute approximate surface area is 117 Å². The van der Waals surface area contributed by atoms with E-state index in [4.69, 9.17) is 5.73 Å². The number of hydrogen-bond donors (Lipinski definition) is 1. The summed E-state index contributed by atoms with van der Waals surface area (Å²) in [7, 11) is 2.05. The molecule has 19 heavy (non-hydrogen) atoms. The Morgan fingerprint density at radius 1 is 1.26 bits per heavy atom. The molecule has 1 aromatic carbocycles. The molecule has 0 aliphatic carbocycles. The standard InChI is InChI=1S/C15H19FN2S/c1-11(17)15(14-4-3-9-19-14)18(2)10-12-5-7-13(16)8-6-12/h3-9,11,15H,10,17H2,1-2H3. The highest BCUT2D eigenvalue weighted by molar-refractivity contribution is 7.10. The summed E-state index contributed by atoms with van der Waals surface area (Å²) in [6.45, 7) is 2.77. The van der Waals surface area contributed by atoms with Gasteiger partial charge in [-0.3, -0.25) is 4.90 Å². The minimum Gasteiger partial charge on any atom is -0.326 e. The lowest BCUT2D eigenvalue weighted by molar-refractivity contribution is 0.214. The first kappa shape index (κ1) is 14.2. The molecule has 0 fully saturated rings. The number of likely N-dealkylation sites (N-methyl/N-ethyl adjacent to an activating group) is 1. The van der Waals surface area contributed by atoms with Gasteiger partial charge in [0.05, 0.1) is 6.04 Å². The summed E-state index contributed by atoms with van der Waals surface area (Å²) in [5.41, 5.74) is 7.20. The molecule has 2 nitrogen and oxygen atoms in total. The minimum absolute atomic E-state index is 0.0455. The average Bonchev–Trinajstić information content (AvgIpc) is 2.85. The van der Waals surface area contributed by atoms with Crippen molar-refractivity contribution in [3.05, 3.63) is 58.0 Å². The maximum atomic E-state index is 12.9. The maximum Gasteiger partial charge on any atom is 0.123 e. The van der Waals surface area contributed by atoms with E-state index >= 15 is 0 Å². The van der Waals surface area contributed by atoms with Crippen LogP contribution in [0, 0.1) is 5.82 Å². The summed E-state index contributed by atoms with van der Waals surface area (Å²) < 4.78 is 12.9. The van der Waals surface area contributed by atoms with Crippen molar-refractivity contribution in [3.63, 3.8) is 0 Å². The molecule has 0 radical (unpaired) electrons. The highest BCUT2D eigenvalue weighted by Crippen LogP contribution is 2.27. The molecule has 102 valence electrons. The molecule has 1 heterocycles. The molecule has 0 bridgehead atoms. The molecule has 0 saturated carbocycles. The largest absolute Gasteiger partial charge is 0.326 e. The lowest BCUT2D eigenvalue weighted by Gasteiger charge is -2.30. The quantitative estimate of drug-likeness (QED) is 0.908. The first-order chi connectivity index (χ1) is 9.08. The molecule has 0 aliphatic rings. The summed E-state index contributed by atoms with van der Waals surface area (Å²) in [4.78, 5) is 3.48. The van der Waals surface area contributed by atoms with Crippen molar-refractivity contribution in [1.29, 1.82) is 0 Å². The van der Waals surface area contributed by atoms with Crippen molar-refractivity contribution in [3.8, 4) is 0 Å². The number of thiophene rings is 1. The van der Waals surface area contributed by atoms with Crippen molar-refractivity contribution >= 4 is 11.3 Å². The Bertz CT molecular complexity index is 493. The van der Waals surface area contributed by atoms with Gasteiger partial charge in [0.15, 0.2) is 0 Å². The van der Waals surface area contributed by atoms with Crippen molar-refractivity contribution < 1.29 is 4.39 Å². The Kier molecular flexibility index (Phi) is 4.69. The molecule has 2 aromatic rings. The number of nitrogens with two attached hydrogens (primary N) is 1. The number of benzene rings is 1. The van der Waals surface area contributed by atoms with Crippen LogP contribution in [0.5, 0.6) is 0 Å². The smallest absolute Gasteiger partial charge is 0.123 e. The van der Waals surface area contributed by atoms with Gasteiger partial charge in [0.25, 0.3) is 0 Å². The Balaban J connectivity index is 2.12. The highest BCUT2D eigenvalue weighted by Gasteiger charge is 2.22. The lowest BCUT2D eigenvalue weighted by Crippen LogP contribution is -2.36. The van der Waals surface area contributed by atoms with Crippen LogP contribution in [0.2, 0.25) is 0 Å². The molecular weight excluding hydrogens is 259 g/mol. The Morgan fingerprint density at radius 3 is 2.47 bits per heavy atom. The highest BCUT2D eigenvalue weighted by atomic mass is 32.1. The topological polar surface area (TPSA) is 29.3 Å². The molecule has 2 atom stereocenters. The molecular formula is C15H19FN2S. The van der Waals surface area contributed by atoms with Crippen molar-refractivity contribution in [1.82, 2.24) is 4.90 Å². The molecule has 2 unspecified atom stereocenters. The van der Waals surface area contributed by atoms with E-state index in [1.807, 2.05) is 25.1 Å². The average molecular weight is 278 g/mol. The maximum absolute atomic E-state index is 12.9. The van der Waals surface area contributed by atoms with Crippen LogP contribution in [0.15, 0.2) is 41.8 Å². The SMILES string of the molecule is CC(N)C(c1cccs1)N(C)Cc1ccc(F)cc1. The summed E-state index contributed by atoms with van der Waals surface area (Å²) in [5.74, 6) is -0.201. The van der Waals surface area contributed by atoms with Crippen LogP contribution in [0.1, 0.15) is 23.4 Å². The second-order valence-corrected chi connectivity index (χ2v) is 5.84. The summed E-state index contributed by atoms with van der Waals surface area (Å²) in [5, 5.41) is 2.07. The van der Waals surface area contributed by atoms with Gasteiger partial charge in [0, 0.05) is 17.5 Å². The monoisotopic (exact) mass is 278 g/mol. The van der Waals surface area contributed by atoms with Crippen molar-refractivity contribution in [2.24, 2.45) is 5.73 Å². The van der Waals surface area contributed by atoms with Gasteiger partial charge in [-0.15, -0.1) is 11.3 Å². The lowest BCUT2D eigenvalue weighted by atomic mass is 10.1. The molecule has 1 aromatic heterocycles. The fraction of sp³-hybridized carbons (Fsp3) is 0.333. The van der Waals surface area contributed by atoms with Gasteiger partial charge in [0.2, 0.25) is 0 Å². The van der Waals surface area contributed by atoms with Crippen LogP contribution in [-0.4, -0.2) is 18.0 Å². The molecule has 2 rings (SSSR count). The molecule has 4 heteroatoms. The van der Waals surface area contributed by atoms with E-state index in [1.165, 1.54) is 17.0 Å². The zero-order chi connectivity index (χ0) is 13.8. The second kappa shape index (κ2) is 6.28. The first-order valence-corrected chi connectivity index (χ1v) is 7.19. The van der Waals surface area contributed by atoms with Crippen molar-refractivity contribution in [2.45, 2.75) is 25.6 Å². The predicted molar refractivity (Wildman–Crippen MR) is 78.6 cm³/mol. The third-order valence-electron chi connectivity index (χ3n) is 3.15. The third kappa shape index (κ3) is 3.62. The summed E-state index contributed by atoms with van der Waals surface area (Å²) >= 11 is 1.72. The molecule has 0 spiro atoms. The number of rotatable bonds is 5. The van der Waals surface area contributed by atoms with E-state index in [-0.39, 0.29) is 17.9 Å². The van der Waals surface area contributed by atoms with Crippen LogP contribution in [-0.2, 0) is 6.54 Å². The Hall–Kier alpha value is -1.23. The van der Waals surface area contributed by atoms with Gasteiger partial charge in [-0.2, -0.15) is 0 Å². The third-order valence-corrected chi connectivity index (χ3v) is 4.10. The predicted octanol–water partition coefficient (Wildman–Crippen LogP) is 3.41. The van der Waals surface area contributed by atoms with Gasteiger partial charge >= 0.3 is 0 Å². The summed E-state index contributed by atoms with van der Waals surface area (Å²) in [6, 6.07) is 11.0. The number of nitrogens with zero attached hydrogens (tertiary/aromatic N) is 1. The normalized spacial score (nSPS) is 14.6. The van der Waals surface area contributed by atoms with E-state index < -0.39 is 0 Å². The second-order valence-electron chi connectivity index (χ2n) is 4.86. The molecule has 2 N–H and O–H groups in total. The fourth-order valence-corrected chi connectivity index (χ4v) is 3.32. The van der Waals surface area contributed by atoms with Crippen LogP contribution < -0.4 is 5.73 Å². The fourth-order valence-electron chi connectivity index (χ4n) is 2.31. The van der Waals surface area contributed by atoms with Crippen LogP contribution in [0.25, 0.3) is 0 Å². The zero-order valence-electron chi connectivity index (χ0n) is 11.2. The van der Waals surface area contributed by atoms with E-state index in [0.29, 0.717) is 0 Å². The van der Waals surface area contributed by atoms with Gasteiger partial charge in [-0.1, -0.05) is 18.2 Å². The number of halogens is 1. The van der Waals surface area contributed by atoms with Gasteiger partial charge in [0.1, 0.15) is 5.82 Å². The van der Waals surface area contributed by atoms with Gasteiger partial charge in [-0.25, -0.2) is 4.39 Å². The molecule has 0 aliphatic heterocycles. The van der Waals surface area contributed by atoms with Crippen LogP contribution >= 0.6 is 11.3 Å². The van der Waals surface area contributed by atoms with Crippen molar-refractivity contribution in [2.75, 3.05) is 7.05 Å². The van der Waals surface area contributed by atoms with E-state index in [9.17, 15) is 4.39 Å². The van der Waals surface area contributed by atoms with E-state index in [0.717, 1.165) is 12.1 Å². The van der Waals surface area contributed by atoms with Crippen LogP contribution in [0.4, 0.5) is 4.39 Å². The van der Waals surface area contributed by atoms with E-state index in [1.54, 1.807) is 11.3 Å². The zero-order valence-corrected chi connectivity index (χ0v) is 12.0. The van der Waals surface area contributed by atoms with E-state index in [2.05, 4.69) is 23.4 Å². The van der Waals surface area contributed by atoms with Crippen LogP contribution in [0.3, 0.4) is 0 Å². The Morgan fingerprint density at radius 2 is 1.95 bits per heavy atom. The minimum atomic E-state index is -0.201. The number of hydrogen-bond acceptors (Lipinski definition) is 3. The summed E-state index contributed by atoms with van der Waals surface area (Å²) in [6.07, 6.45) is 0. The van der Waals surface area contributed by atoms with Gasteiger partial charge < -0.3 is 5.73 Å². The molecule has 0 saturated heterocycles. The first-order valence-electron chi connectivity index (χ1n) is 6.31. The molecule has 0 amide bonds. The van der Waals surface area contributed by atoms with Gasteiger partial charge in [-0.05, 0) is 43.1 Å².